The summed E-state index contributed by atoms with van der Waals surface area (Å²) in [6.07, 6.45) is 0.200. The zero-order valence-corrected chi connectivity index (χ0v) is 12.0. The predicted molar refractivity (Wildman–Crippen MR) is 74.8 cm³/mol. The van der Waals surface area contributed by atoms with Crippen molar-refractivity contribution in [1.29, 1.82) is 0 Å². The standard InChI is InChI=1S/C13H12Cl2N2O2/c1-7-12(8(2)19-17-7)6-13(18)16-11-4-9(14)3-10(15)5-11/h3-5H,6H2,1-2H3,(H,16,18). The Bertz CT molecular complexity index is 583. The predicted octanol–water partition coefficient (Wildman–Crippen LogP) is 3.78. The molecular weight excluding hydrogens is 287 g/mol. The zero-order valence-electron chi connectivity index (χ0n) is 10.5. The first-order valence-electron chi connectivity index (χ1n) is 5.63. The van der Waals surface area contributed by atoms with Crippen LogP contribution < -0.4 is 5.32 Å². The maximum absolute atomic E-state index is 11.9. The van der Waals surface area contributed by atoms with Crippen LogP contribution in [-0.2, 0) is 11.2 Å². The average Bonchev–Trinajstić information content (AvgIpc) is 2.59. The van der Waals surface area contributed by atoms with E-state index in [0.29, 0.717) is 21.5 Å². The van der Waals surface area contributed by atoms with Crippen molar-refractivity contribution in [2.24, 2.45) is 0 Å². The highest BCUT2D eigenvalue weighted by Crippen LogP contribution is 2.23. The van der Waals surface area contributed by atoms with Crippen LogP contribution in [0.4, 0.5) is 5.69 Å². The Labute approximate surface area is 120 Å². The van der Waals surface area contributed by atoms with Crippen LogP contribution in [0.2, 0.25) is 10.0 Å². The van der Waals surface area contributed by atoms with E-state index >= 15 is 0 Å². The number of hydrogen-bond donors (Lipinski definition) is 1. The van der Waals surface area contributed by atoms with Crippen molar-refractivity contribution in [1.82, 2.24) is 5.16 Å². The minimum atomic E-state index is -0.173. The van der Waals surface area contributed by atoms with E-state index < -0.39 is 0 Å². The summed E-state index contributed by atoms with van der Waals surface area (Å²) in [4.78, 5) is 11.9. The van der Waals surface area contributed by atoms with Crippen molar-refractivity contribution in [3.63, 3.8) is 0 Å². The average molecular weight is 299 g/mol. The minimum Gasteiger partial charge on any atom is -0.361 e. The van der Waals surface area contributed by atoms with Gasteiger partial charge in [0, 0.05) is 21.3 Å². The largest absolute Gasteiger partial charge is 0.361 e. The second-order valence-electron chi connectivity index (χ2n) is 4.19. The van der Waals surface area contributed by atoms with Gasteiger partial charge in [0.05, 0.1) is 12.1 Å². The molecule has 1 heterocycles. The molecule has 0 radical (unpaired) electrons. The second-order valence-corrected chi connectivity index (χ2v) is 5.06. The van der Waals surface area contributed by atoms with Gasteiger partial charge in [0.25, 0.3) is 0 Å². The quantitative estimate of drug-likeness (QED) is 0.938. The number of hydrogen-bond acceptors (Lipinski definition) is 3. The number of carbonyl (C=O) groups is 1. The van der Waals surface area contributed by atoms with Crippen molar-refractivity contribution in [3.05, 3.63) is 45.3 Å². The fraction of sp³-hybridized carbons (Fsp3) is 0.231. The van der Waals surface area contributed by atoms with E-state index in [0.717, 1.165) is 11.3 Å². The monoisotopic (exact) mass is 298 g/mol. The molecule has 19 heavy (non-hydrogen) atoms. The third-order valence-electron chi connectivity index (χ3n) is 2.66. The van der Waals surface area contributed by atoms with E-state index in [-0.39, 0.29) is 12.3 Å². The van der Waals surface area contributed by atoms with Gasteiger partial charge < -0.3 is 9.84 Å². The highest BCUT2D eigenvalue weighted by Gasteiger charge is 2.13. The number of carbonyl (C=O) groups excluding carboxylic acids is 1. The van der Waals surface area contributed by atoms with Gasteiger partial charge in [-0.3, -0.25) is 4.79 Å². The van der Waals surface area contributed by atoms with Crippen LogP contribution in [0.1, 0.15) is 17.0 Å². The fourth-order valence-electron chi connectivity index (χ4n) is 1.75. The van der Waals surface area contributed by atoms with E-state index in [1.54, 1.807) is 32.0 Å². The number of nitrogens with zero attached hydrogens (tertiary/aromatic N) is 1. The number of benzene rings is 1. The molecule has 1 N–H and O–H groups in total. The molecule has 6 heteroatoms. The molecule has 1 aromatic carbocycles. The smallest absolute Gasteiger partial charge is 0.229 e. The van der Waals surface area contributed by atoms with Crippen LogP contribution in [0.5, 0.6) is 0 Å². The minimum absolute atomic E-state index is 0.173. The molecule has 0 atom stereocenters. The van der Waals surface area contributed by atoms with Gasteiger partial charge in [0.1, 0.15) is 5.76 Å². The molecule has 0 spiro atoms. The fourth-order valence-corrected chi connectivity index (χ4v) is 2.27. The highest BCUT2D eigenvalue weighted by atomic mass is 35.5. The molecule has 1 aromatic heterocycles. The molecule has 2 aromatic rings. The molecule has 0 fully saturated rings. The Morgan fingerprint density at radius 2 is 1.89 bits per heavy atom. The molecule has 0 aliphatic rings. The van der Waals surface area contributed by atoms with Crippen molar-refractivity contribution >= 4 is 34.8 Å². The van der Waals surface area contributed by atoms with Gasteiger partial charge in [-0.15, -0.1) is 0 Å². The summed E-state index contributed by atoms with van der Waals surface area (Å²) in [5, 5.41) is 7.49. The summed E-state index contributed by atoms with van der Waals surface area (Å²) in [7, 11) is 0. The number of amides is 1. The maximum Gasteiger partial charge on any atom is 0.229 e. The van der Waals surface area contributed by atoms with E-state index in [1.165, 1.54) is 0 Å². The van der Waals surface area contributed by atoms with Gasteiger partial charge in [-0.05, 0) is 32.0 Å². The molecule has 0 aliphatic carbocycles. The number of rotatable bonds is 3. The third kappa shape index (κ3) is 3.49. The Morgan fingerprint density at radius 1 is 1.26 bits per heavy atom. The Hall–Kier alpha value is -1.52. The number of halogens is 2. The molecule has 0 saturated heterocycles. The molecule has 1 amide bonds. The van der Waals surface area contributed by atoms with Gasteiger partial charge in [-0.25, -0.2) is 0 Å². The normalized spacial score (nSPS) is 10.5. The molecule has 0 saturated carbocycles. The van der Waals surface area contributed by atoms with Gasteiger partial charge in [-0.2, -0.15) is 0 Å². The van der Waals surface area contributed by atoms with Crippen LogP contribution in [0, 0.1) is 13.8 Å². The first-order chi connectivity index (χ1) is 8.95. The van der Waals surface area contributed by atoms with Crippen molar-refractivity contribution in [2.75, 3.05) is 5.32 Å². The Balaban J connectivity index is 2.09. The van der Waals surface area contributed by atoms with Gasteiger partial charge in [0.15, 0.2) is 0 Å². The van der Waals surface area contributed by atoms with Crippen LogP contribution in [0.3, 0.4) is 0 Å². The number of anilines is 1. The van der Waals surface area contributed by atoms with Crippen LogP contribution in [0.15, 0.2) is 22.7 Å². The van der Waals surface area contributed by atoms with Crippen molar-refractivity contribution < 1.29 is 9.32 Å². The van der Waals surface area contributed by atoms with Gasteiger partial charge >= 0.3 is 0 Å². The van der Waals surface area contributed by atoms with Gasteiger partial charge in [0.2, 0.25) is 5.91 Å². The Morgan fingerprint density at radius 3 is 2.42 bits per heavy atom. The first-order valence-corrected chi connectivity index (χ1v) is 6.39. The third-order valence-corrected chi connectivity index (χ3v) is 3.10. The molecular formula is C13H12Cl2N2O2. The maximum atomic E-state index is 11.9. The Kier molecular flexibility index (Phi) is 4.12. The van der Waals surface area contributed by atoms with E-state index in [1.807, 2.05) is 0 Å². The van der Waals surface area contributed by atoms with Crippen molar-refractivity contribution in [3.8, 4) is 0 Å². The molecule has 4 nitrogen and oxygen atoms in total. The van der Waals surface area contributed by atoms with Crippen LogP contribution >= 0.6 is 23.2 Å². The number of aryl methyl sites for hydroxylation is 2. The lowest BCUT2D eigenvalue weighted by molar-refractivity contribution is -0.115. The molecule has 0 unspecified atom stereocenters. The molecule has 0 bridgehead atoms. The zero-order chi connectivity index (χ0) is 14.0. The summed E-state index contributed by atoms with van der Waals surface area (Å²) in [6, 6.07) is 4.88. The summed E-state index contributed by atoms with van der Waals surface area (Å²) in [5.41, 5.74) is 2.08. The van der Waals surface area contributed by atoms with Crippen molar-refractivity contribution in [2.45, 2.75) is 20.3 Å². The summed E-state index contributed by atoms with van der Waals surface area (Å²) < 4.78 is 5.01. The molecule has 2 rings (SSSR count). The summed E-state index contributed by atoms with van der Waals surface area (Å²) in [6.45, 7) is 3.58. The van der Waals surface area contributed by atoms with E-state index in [9.17, 15) is 4.79 Å². The lowest BCUT2D eigenvalue weighted by atomic mass is 10.1. The SMILES string of the molecule is Cc1noc(C)c1CC(=O)Nc1cc(Cl)cc(Cl)c1. The number of nitrogens with one attached hydrogen (secondary N) is 1. The molecule has 0 aliphatic heterocycles. The van der Waals surface area contributed by atoms with Crippen LogP contribution in [0.25, 0.3) is 0 Å². The van der Waals surface area contributed by atoms with E-state index in [4.69, 9.17) is 27.7 Å². The topological polar surface area (TPSA) is 55.1 Å². The second kappa shape index (κ2) is 5.63. The van der Waals surface area contributed by atoms with Crippen LogP contribution in [-0.4, -0.2) is 11.1 Å². The summed E-state index contributed by atoms with van der Waals surface area (Å²) in [5.74, 6) is 0.476. The number of aromatic nitrogens is 1. The van der Waals surface area contributed by atoms with Gasteiger partial charge in [-0.1, -0.05) is 28.4 Å². The first kappa shape index (κ1) is 13.9. The van der Waals surface area contributed by atoms with E-state index in [2.05, 4.69) is 10.5 Å². The highest BCUT2D eigenvalue weighted by molar-refractivity contribution is 6.35. The molecule has 100 valence electrons. The lowest BCUT2D eigenvalue weighted by Crippen LogP contribution is -2.15. The summed E-state index contributed by atoms with van der Waals surface area (Å²) >= 11 is 11.7. The lowest BCUT2D eigenvalue weighted by Gasteiger charge is -2.06.